The van der Waals surface area contributed by atoms with Gasteiger partial charge in [0.15, 0.2) is 29.9 Å². The van der Waals surface area contributed by atoms with Crippen molar-refractivity contribution in [1.29, 1.82) is 10.5 Å². The van der Waals surface area contributed by atoms with Gasteiger partial charge < -0.3 is 133 Å². The van der Waals surface area contributed by atoms with Crippen LogP contribution in [0.2, 0.25) is 0 Å². The summed E-state index contributed by atoms with van der Waals surface area (Å²) in [4.78, 5) is 115. The molecule has 0 bridgehead atoms. The van der Waals surface area contributed by atoms with Gasteiger partial charge in [0.2, 0.25) is 0 Å². The molecule has 0 radical (unpaired) electrons. The number of alkyl carbamates (subject to hydrolysis) is 6. The molecule has 5 unspecified atom stereocenters. The largest absolute Gasteiger partial charge is 0.870 e. The zero-order valence-corrected chi connectivity index (χ0v) is 93.1. The van der Waals surface area contributed by atoms with E-state index in [1.54, 1.807) is 30.3 Å². The van der Waals surface area contributed by atoms with Crippen molar-refractivity contribution < 1.29 is 247 Å². The number of rotatable bonds is 40. The van der Waals surface area contributed by atoms with Crippen LogP contribution >= 0.6 is 12.4 Å². The number of aliphatic carboxylic acids is 1. The van der Waals surface area contributed by atoms with E-state index in [0.29, 0.717) is 55.3 Å². The fourth-order valence-electron chi connectivity index (χ4n) is 12.3. The van der Waals surface area contributed by atoms with Crippen LogP contribution in [-0.4, -0.2) is 258 Å². The van der Waals surface area contributed by atoms with Crippen molar-refractivity contribution in [1.82, 2.24) is 37.2 Å². The molecular formula is C93H126ClKLiN10Na3O31S3. The van der Waals surface area contributed by atoms with E-state index in [4.69, 9.17) is 67.5 Å². The van der Waals surface area contributed by atoms with Crippen LogP contribution in [0, 0.1) is 58.7 Å². The summed E-state index contributed by atoms with van der Waals surface area (Å²) in [6.07, 6.45) is 7.00. The molecule has 6 aromatic rings. The number of methoxy groups -OCH3 is 1. The number of hydrogen-bond acceptors (Lipinski definition) is 33. The molecule has 11 atom stereocenters. The molecule has 764 valence electrons. The smallest absolute Gasteiger partial charge is 0.870 e. The minimum atomic E-state index is -4.90. The second-order valence-electron chi connectivity index (χ2n) is 31.8. The van der Waals surface area contributed by atoms with Crippen molar-refractivity contribution in [3.8, 4) is 6.07 Å². The Kier molecular flexibility index (Phi) is 82.2. The van der Waals surface area contributed by atoms with Crippen molar-refractivity contribution in [2.45, 2.75) is 229 Å². The predicted molar refractivity (Wildman–Crippen MR) is 511 cm³/mol. The zero-order chi connectivity index (χ0) is 102. The number of nitrogens with two attached hydrogens (primary N) is 1. The third-order valence-electron chi connectivity index (χ3n) is 20.6. The Bertz CT molecular complexity index is 4920. The molecule has 12 rings (SSSR count). The summed E-state index contributed by atoms with van der Waals surface area (Å²) in [7, 11) is -6.64. The minimum absolute atomic E-state index is 0. The SMILES string of the molecule is C.CN.CNC(=O)C(O)[C@H](CC1CC1)NC(=O)OCc1ccccc1.COC(=O)C(O)[C@H](CC1CC1)NC(=O)OCc1ccccc1.Cl.N#CC(O)[C@H](CC1CC1)NC(=O)OCc1ccccc1.O=C(N[C@@H](CC1CC1)C(O)C(=O)O)OCc1ccccc1.O=C(N[C@@H](CC1CC1)C(O)S(=O)(=O)[O-])OCc1ccccc1.O=C[C@H](CC1CC1)NC(=O)OCc1ccccc1.O=S(=O)=S(=O)=O.[C-]#N.[K+].[Li+].[Na+].[Na][Na].[OH-]. The van der Waals surface area contributed by atoms with Gasteiger partial charge in [-0.25, -0.2) is 46.8 Å². The molecule has 6 aromatic carbocycles. The van der Waals surface area contributed by atoms with Crippen molar-refractivity contribution in [3.63, 3.8) is 0 Å². The maximum Gasteiger partial charge on any atom is -0.870 e. The van der Waals surface area contributed by atoms with E-state index < -0.39 is 149 Å². The number of nitrogens with zero attached hydrogens (tertiary/aromatic N) is 2. The van der Waals surface area contributed by atoms with Gasteiger partial charge in [-0.15, -0.1) is 12.4 Å². The average Bonchev–Trinajstić information content (AvgIpc) is 0.983. The summed E-state index contributed by atoms with van der Waals surface area (Å²) in [5.74, 6) is -0.0363. The first-order valence-corrected chi connectivity index (χ1v) is 56.4. The molecule has 0 saturated heterocycles. The molecule has 0 aliphatic heterocycles. The van der Waals surface area contributed by atoms with Gasteiger partial charge in [0, 0.05) is 7.05 Å². The Morgan fingerprint density at radius 3 is 0.881 bits per heavy atom. The first kappa shape index (κ1) is 142. The molecule has 6 saturated carbocycles. The monoisotopic (exact) mass is 2120 g/mol. The number of amides is 7. The first-order chi connectivity index (χ1) is 65.7. The summed E-state index contributed by atoms with van der Waals surface area (Å²) in [6, 6.07) is 53.0. The maximum atomic E-state index is 11.9. The first-order valence-electron chi connectivity index (χ1n) is 44.3. The van der Waals surface area contributed by atoms with Crippen LogP contribution in [0.3, 0.4) is 0 Å². The molecule has 7 amide bonds. The number of aliphatic hydroxyl groups excluding tert-OH is 5. The minimum Gasteiger partial charge on any atom is -0.870 e. The third kappa shape index (κ3) is 68.1. The Hall–Kier alpha value is -7.21. The molecule has 41 nitrogen and oxygen atoms in total. The van der Waals surface area contributed by atoms with Crippen molar-refractivity contribution in [2.75, 3.05) is 21.2 Å². The van der Waals surface area contributed by atoms with E-state index in [2.05, 4.69) is 47.7 Å². The van der Waals surface area contributed by atoms with Gasteiger partial charge in [0.05, 0.1) is 49.4 Å². The number of carboxylic acid groups (broad SMARTS) is 1. The molecule has 0 spiro atoms. The van der Waals surface area contributed by atoms with E-state index in [1.165, 1.54) is 64.8 Å². The van der Waals surface area contributed by atoms with E-state index in [-0.39, 0.29) is 177 Å². The number of nitriles is 1. The second-order valence-corrected chi connectivity index (χ2v) is 35.7. The molecule has 16 N–H and O–H groups in total. The number of aldehydes is 1. The van der Waals surface area contributed by atoms with Gasteiger partial charge in [0.25, 0.3) is 5.91 Å². The second kappa shape index (κ2) is 82.7. The molecule has 6 fully saturated rings. The predicted octanol–water partition coefficient (Wildman–Crippen LogP) is -1.02. The number of likely N-dealkylation sites (N-methyl/N-ethyl adjacent to an activating group) is 1. The Morgan fingerprint density at radius 2 is 0.664 bits per heavy atom. The van der Waals surface area contributed by atoms with Crippen LogP contribution in [0.15, 0.2) is 182 Å². The fraction of sp³-hybridized carbons (Fsp3) is 0.484. The van der Waals surface area contributed by atoms with Gasteiger partial charge in [0.1, 0.15) is 56.0 Å². The molecule has 0 heterocycles. The van der Waals surface area contributed by atoms with Gasteiger partial charge in [-0.05, 0) is 114 Å². The molecule has 6 aliphatic rings. The molecule has 0 aromatic heterocycles. The number of nitrogens with one attached hydrogen (secondary N) is 7. The number of carbonyl (C=O) groups excluding carboxylic acids is 9. The maximum absolute atomic E-state index is 11.9. The number of carboxylic acids is 1. The van der Waals surface area contributed by atoms with Gasteiger partial charge in [-0.3, -0.25) is 4.79 Å². The Balaban J connectivity index is -0.000000786. The summed E-state index contributed by atoms with van der Waals surface area (Å²) < 4.78 is 104. The number of halogens is 1. The van der Waals surface area contributed by atoms with Crippen LogP contribution < -0.4 is 143 Å². The van der Waals surface area contributed by atoms with E-state index in [0.717, 1.165) is 123 Å². The standard InChI is InChI=1S/C16H22N2O4.C16H21NO5.C15H18N2O3.C15H19NO5.C14H19NO6S.C14H17NO3.CH5N.CN.CH4.ClH.K.Li.3Na.O4S2.H2O/c1-17-15(20)14(19)13(9-11-7-8-11)18-16(21)22-10-12-5-3-2-4-6-12;1-21-15(19)14(18)13(9-11-7-8-11)17-16(20)22-10-12-5-3-2-4-6-12;16-9-14(18)13(8-11-6-7-11)17-15(19)20-10-12-4-2-1-3-5-12;17-13(14(18)19)12(8-10-6-7-10)16-15(20)21-9-11-4-2-1-3-5-11;16-13(22(18,19)20)12(8-10-6-7-10)15-14(17)21-9-11-4-2-1-3-5-11;16-9-13(8-11-6-7-11)15-14(17)18-10-12-4-2-1-3-5-12;2*1-2;;;;;;;;1-5(2)6(3)4;/h2-6,11,13-14,19H,7-10H2,1H3,(H,17,20)(H,18,21);2-6,11,13-14,18H,7-10H2,1H3,(H,17,20);1-5,11,13-14,18H,6-8,10H2,(H,17,19);1-5,10,12-13,17H,6-9H2,(H,16,20)(H,18,19);1-5,10,12-13,16H,6-9H2,(H,15,17)(H,18,19,20);1-5,9,11,13H,6-8,10H2,(H,15,17);2H2,1H3;;1H4;1H;;;;;;;1H2/q;;;;;;;-1;;;2*+1;;;+1;;/p-2/t3*13-,14?;2*12-,13?;13-;;;;;;;;;;;/m000000.........../s1. The van der Waals surface area contributed by atoms with E-state index >= 15 is 0 Å². The number of hydrogen-bond donors (Lipinski definition) is 14. The zero-order valence-electron chi connectivity index (χ0n) is 80.7. The average molecular weight is 2130 g/mol. The molecule has 143 heavy (non-hydrogen) atoms. The molecule has 6 aliphatic carbocycles. The summed E-state index contributed by atoms with van der Waals surface area (Å²) in [5, 5.41) is 90.1. The number of esters is 1. The van der Waals surface area contributed by atoms with Crippen LogP contribution in [-0.2, 0) is 121 Å². The van der Waals surface area contributed by atoms with Gasteiger partial charge >= 0.3 is 210 Å². The Labute approximate surface area is 948 Å². The van der Waals surface area contributed by atoms with Crippen LogP contribution in [0.5, 0.6) is 0 Å². The van der Waals surface area contributed by atoms with Crippen molar-refractivity contribution in [2.24, 2.45) is 41.2 Å². The summed E-state index contributed by atoms with van der Waals surface area (Å²) >= 11 is 2.89. The molecular weight excluding hydrogens is 2000 g/mol. The number of carbonyl (C=O) groups is 10. The summed E-state index contributed by atoms with van der Waals surface area (Å²) in [6.45, 7) is 5.55. The Morgan fingerprint density at radius 1 is 0.448 bits per heavy atom. The van der Waals surface area contributed by atoms with E-state index in [1.807, 2.05) is 158 Å². The third-order valence-corrected chi connectivity index (χ3v) is 22.4. The van der Waals surface area contributed by atoms with Gasteiger partial charge in [-0.1, -0.05) is 266 Å². The van der Waals surface area contributed by atoms with Gasteiger partial charge in [-0.2, -0.15) is 22.1 Å². The molecule has 50 heteroatoms. The normalized spacial score (nSPS) is 15.0. The fourth-order valence-corrected chi connectivity index (χ4v) is 12.9. The van der Waals surface area contributed by atoms with Crippen LogP contribution in [0.4, 0.5) is 28.8 Å². The number of benzene rings is 6. The topological polar surface area (TPSA) is 670 Å². The number of aliphatic hydroxyl groups is 5. The quantitative estimate of drug-likeness (QED) is 0.00417. The van der Waals surface area contributed by atoms with Crippen molar-refractivity contribution >= 4 is 145 Å². The van der Waals surface area contributed by atoms with Crippen LogP contribution in [0.25, 0.3) is 0 Å². The van der Waals surface area contributed by atoms with Crippen molar-refractivity contribution in [3.05, 3.63) is 222 Å². The van der Waals surface area contributed by atoms with E-state index in [9.17, 15) is 86.4 Å². The number of ether oxygens (including phenoxy) is 7. The summed E-state index contributed by atoms with van der Waals surface area (Å²) in [5.41, 5.74) is 7.50. The van der Waals surface area contributed by atoms with Crippen LogP contribution in [0.1, 0.15) is 156 Å².